The lowest BCUT2D eigenvalue weighted by atomic mass is 10.1. The summed E-state index contributed by atoms with van der Waals surface area (Å²) in [6.07, 6.45) is 1.72. The first-order valence-corrected chi connectivity index (χ1v) is 8.55. The molecule has 0 spiro atoms. The minimum absolute atomic E-state index is 0.204. The van der Waals surface area contributed by atoms with Gasteiger partial charge in [0.05, 0.1) is 17.3 Å². The highest BCUT2D eigenvalue weighted by Gasteiger charge is 2.23. The molecule has 0 aliphatic carbocycles. The fraction of sp³-hybridized carbons (Fsp3) is 0.316. The van der Waals surface area contributed by atoms with Crippen molar-refractivity contribution in [1.82, 2.24) is 20.3 Å². The van der Waals surface area contributed by atoms with Gasteiger partial charge in [-0.1, -0.05) is 23.4 Å². The number of hydrogen-bond acceptors (Lipinski definition) is 5. The highest BCUT2D eigenvalue weighted by Crippen LogP contribution is 2.19. The molecule has 1 atom stereocenters. The Morgan fingerprint density at radius 3 is 2.81 bits per heavy atom. The van der Waals surface area contributed by atoms with Crippen LogP contribution in [0.4, 0.5) is 0 Å². The van der Waals surface area contributed by atoms with E-state index in [1.54, 1.807) is 13.1 Å². The van der Waals surface area contributed by atoms with Gasteiger partial charge in [0.25, 0.3) is 5.91 Å². The first-order valence-electron chi connectivity index (χ1n) is 8.55. The predicted octanol–water partition coefficient (Wildman–Crippen LogP) is 3.27. The molecule has 0 radical (unpaired) electrons. The maximum absolute atomic E-state index is 12.7. The molecule has 3 rings (SSSR count). The van der Waals surface area contributed by atoms with Crippen molar-refractivity contribution in [2.24, 2.45) is 0 Å². The molecule has 136 valence electrons. The third-order valence-corrected chi connectivity index (χ3v) is 4.17. The van der Waals surface area contributed by atoms with Crippen LogP contribution in [-0.2, 0) is 13.2 Å². The van der Waals surface area contributed by atoms with Gasteiger partial charge in [-0.15, -0.1) is 0 Å². The number of carbonyl (C=O) groups excluding carboxylic acids is 1. The summed E-state index contributed by atoms with van der Waals surface area (Å²) in [7, 11) is 0. The number of nitrogens with one attached hydrogen (secondary N) is 1. The Balaban J connectivity index is 1.71. The fourth-order valence-electron chi connectivity index (χ4n) is 2.73. The minimum atomic E-state index is -0.301. The van der Waals surface area contributed by atoms with E-state index in [1.165, 1.54) is 0 Å². The molecule has 7 nitrogen and oxygen atoms in total. The van der Waals surface area contributed by atoms with Gasteiger partial charge in [-0.05, 0) is 39.0 Å². The second-order valence-electron chi connectivity index (χ2n) is 5.93. The van der Waals surface area contributed by atoms with Crippen LogP contribution in [0.25, 0.3) is 0 Å². The molecule has 0 aliphatic heterocycles. The lowest BCUT2D eigenvalue weighted by molar-refractivity contribution is 0.0927. The highest BCUT2D eigenvalue weighted by atomic mass is 16.5. The van der Waals surface area contributed by atoms with Crippen molar-refractivity contribution in [3.05, 3.63) is 65.3 Å². The van der Waals surface area contributed by atoms with Crippen molar-refractivity contribution >= 4 is 5.91 Å². The van der Waals surface area contributed by atoms with Crippen LogP contribution in [-0.4, -0.2) is 20.8 Å². The van der Waals surface area contributed by atoms with E-state index in [9.17, 15) is 4.79 Å². The monoisotopic (exact) mass is 354 g/mol. The number of nitrogens with zero attached hydrogens (tertiary/aromatic N) is 3. The molecule has 1 unspecified atom stereocenters. The van der Waals surface area contributed by atoms with Crippen molar-refractivity contribution < 1.29 is 14.1 Å². The van der Waals surface area contributed by atoms with Gasteiger partial charge in [0.1, 0.15) is 18.1 Å². The van der Waals surface area contributed by atoms with Crippen LogP contribution in [0.2, 0.25) is 0 Å². The number of aromatic nitrogens is 3. The van der Waals surface area contributed by atoms with E-state index in [-0.39, 0.29) is 24.2 Å². The van der Waals surface area contributed by atoms with Crippen LogP contribution < -0.4 is 10.1 Å². The summed E-state index contributed by atoms with van der Waals surface area (Å²) in [6.45, 7) is 6.63. The number of carbonyl (C=O) groups is 1. The van der Waals surface area contributed by atoms with Crippen molar-refractivity contribution in [2.45, 2.75) is 40.0 Å². The maximum atomic E-state index is 12.7. The van der Waals surface area contributed by atoms with E-state index in [1.807, 2.05) is 54.9 Å². The van der Waals surface area contributed by atoms with Crippen molar-refractivity contribution in [3.63, 3.8) is 0 Å². The Hall–Kier alpha value is -3.09. The zero-order valence-electron chi connectivity index (χ0n) is 15.1. The third kappa shape index (κ3) is 3.77. The number of benzene rings is 1. The molecule has 0 saturated carbocycles. The molecule has 2 aromatic heterocycles. The SMILES string of the molecule is CCn1nccc1C(C)NC(=O)c1noc(C)c1COc1ccccc1. The quantitative estimate of drug-likeness (QED) is 0.704. The van der Waals surface area contributed by atoms with Gasteiger partial charge in [-0.3, -0.25) is 9.48 Å². The molecular weight excluding hydrogens is 332 g/mol. The Labute approximate surface area is 151 Å². The Kier molecular flexibility index (Phi) is 5.36. The fourth-order valence-corrected chi connectivity index (χ4v) is 2.73. The number of para-hydroxylation sites is 1. The summed E-state index contributed by atoms with van der Waals surface area (Å²) >= 11 is 0. The first-order chi connectivity index (χ1) is 12.6. The standard InChI is InChI=1S/C19H22N4O3/c1-4-23-17(10-11-20-23)13(2)21-19(24)18-16(14(3)26-22-18)12-25-15-8-6-5-7-9-15/h5-11,13H,4,12H2,1-3H3,(H,21,24). The van der Waals surface area contributed by atoms with Crippen LogP contribution in [0.5, 0.6) is 5.75 Å². The van der Waals surface area contributed by atoms with Crippen molar-refractivity contribution in [3.8, 4) is 5.75 Å². The van der Waals surface area contributed by atoms with Gasteiger partial charge in [0.15, 0.2) is 5.69 Å². The molecule has 7 heteroatoms. The van der Waals surface area contributed by atoms with E-state index in [4.69, 9.17) is 9.26 Å². The van der Waals surface area contributed by atoms with E-state index >= 15 is 0 Å². The summed E-state index contributed by atoms with van der Waals surface area (Å²) in [6, 6.07) is 11.1. The van der Waals surface area contributed by atoms with E-state index in [2.05, 4.69) is 15.6 Å². The van der Waals surface area contributed by atoms with Crippen LogP contribution in [0.1, 0.15) is 47.4 Å². The van der Waals surface area contributed by atoms with Crippen molar-refractivity contribution in [2.75, 3.05) is 0 Å². The average molecular weight is 354 g/mol. The number of ether oxygens (including phenoxy) is 1. The van der Waals surface area contributed by atoms with Gasteiger partial charge >= 0.3 is 0 Å². The largest absolute Gasteiger partial charge is 0.489 e. The summed E-state index contributed by atoms with van der Waals surface area (Å²) < 4.78 is 12.8. The predicted molar refractivity (Wildman–Crippen MR) is 95.8 cm³/mol. The minimum Gasteiger partial charge on any atom is -0.489 e. The summed E-state index contributed by atoms with van der Waals surface area (Å²) in [5.74, 6) is 0.988. The highest BCUT2D eigenvalue weighted by molar-refractivity contribution is 5.94. The third-order valence-electron chi connectivity index (χ3n) is 4.17. The zero-order valence-corrected chi connectivity index (χ0v) is 15.1. The lowest BCUT2D eigenvalue weighted by Gasteiger charge is -2.15. The molecule has 0 aliphatic rings. The summed E-state index contributed by atoms with van der Waals surface area (Å²) in [5, 5.41) is 11.1. The first kappa shape index (κ1) is 17.7. The van der Waals surface area contributed by atoms with E-state index < -0.39 is 0 Å². The normalized spacial score (nSPS) is 12.0. The van der Waals surface area contributed by atoms with Gasteiger partial charge < -0.3 is 14.6 Å². The second kappa shape index (κ2) is 7.86. The number of hydrogen-bond donors (Lipinski definition) is 1. The summed E-state index contributed by atoms with van der Waals surface area (Å²) in [5.41, 5.74) is 1.82. The summed E-state index contributed by atoms with van der Waals surface area (Å²) in [4.78, 5) is 12.7. The van der Waals surface area contributed by atoms with Gasteiger partial charge in [-0.2, -0.15) is 5.10 Å². The number of amides is 1. The van der Waals surface area contributed by atoms with Crippen LogP contribution in [0.15, 0.2) is 47.1 Å². The molecule has 0 bridgehead atoms. The lowest BCUT2D eigenvalue weighted by Crippen LogP contribution is -2.29. The Bertz CT molecular complexity index is 870. The van der Waals surface area contributed by atoms with Gasteiger partial charge in [-0.25, -0.2) is 0 Å². The smallest absolute Gasteiger partial charge is 0.274 e. The van der Waals surface area contributed by atoms with Gasteiger partial charge in [0.2, 0.25) is 0 Å². The van der Waals surface area contributed by atoms with Gasteiger partial charge in [0, 0.05) is 12.7 Å². The molecular formula is C19H22N4O3. The molecule has 0 fully saturated rings. The van der Waals surface area contributed by atoms with E-state index in [0.717, 1.165) is 18.0 Å². The molecule has 3 aromatic rings. The maximum Gasteiger partial charge on any atom is 0.274 e. The van der Waals surface area contributed by atoms with Crippen LogP contribution in [0, 0.1) is 6.92 Å². The van der Waals surface area contributed by atoms with Crippen LogP contribution >= 0.6 is 0 Å². The molecule has 26 heavy (non-hydrogen) atoms. The van der Waals surface area contributed by atoms with E-state index in [0.29, 0.717) is 11.3 Å². The Morgan fingerprint density at radius 2 is 2.08 bits per heavy atom. The number of rotatable bonds is 7. The molecule has 1 amide bonds. The molecule has 0 saturated heterocycles. The van der Waals surface area contributed by atoms with Crippen molar-refractivity contribution in [1.29, 1.82) is 0 Å². The van der Waals surface area contributed by atoms with Crippen LogP contribution in [0.3, 0.4) is 0 Å². The molecule has 1 aromatic carbocycles. The Morgan fingerprint density at radius 1 is 1.31 bits per heavy atom. The zero-order chi connectivity index (χ0) is 18.5. The molecule has 1 N–H and O–H groups in total. The number of aryl methyl sites for hydroxylation is 2. The topological polar surface area (TPSA) is 82.2 Å². The second-order valence-corrected chi connectivity index (χ2v) is 5.93. The average Bonchev–Trinajstić information content (AvgIpc) is 3.27. The molecule has 2 heterocycles.